The lowest BCUT2D eigenvalue weighted by Gasteiger charge is -2.19. The molecule has 0 unspecified atom stereocenters. The summed E-state index contributed by atoms with van der Waals surface area (Å²) in [5, 5.41) is 7.53. The van der Waals surface area contributed by atoms with E-state index in [9.17, 15) is 0 Å². The third-order valence-electron chi connectivity index (χ3n) is 3.48. The van der Waals surface area contributed by atoms with Crippen molar-refractivity contribution >= 4 is 15.9 Å². The van der Waals surface area contributed by atoms with Gasteiger partial charge >= 0.3 is 0 Å². The fraction of sp³-hybridized carbons (Fsp3) is 0.429. The smallest absolute Gasteiger partial charge is 0.244 e. The number of benzene rings is 1. The topological polar surface area (TPSA) is 51.0 Å². The molecule has 5 heteroatoms. The summed E-state index contributed by atoms with van der Waals surface area (Å²) < 4.78 is 6.47. The van der Waals surface area contributed by atoms with Crippen LogP contribution in [0.3, 0.4) is 0 Å². The third-order valence-corrected chi connectivity index (χ3v) is 3.97. The number of nitrogens with one attached hydrogen (secondary N) is 1. The molecule has 4 nitrogen and oxygen atoms in total. The Balaban J connectivity index is 1.87. The van der Waals surface area contributed by atoms with Crippen LogP contribution >= 0.6 is 15.9 Å². The first-order valence-corrected chi connectivity index (χ1v) is 7.37. The van der Waals surface area contributed by atoms with Crippen molar-refractivity contribution in [1.29, 1.82) is 0 Å². The van der Waals surface area contributed by atoms with Crippen molar-refractivity contribution in [3.8, 4) is 11.4 Å². The molecule has 3 rings (SSSR count). The maximum Gasteiger partial charge on any atom is 0.244 e. The fourth-order valence-electron chi connectivity index (χ4n) is 2.43. The third kappa shape index (κ3) is 2.72. The zero-order chi connectivity index (χ0) is 13.2. The van der Waals surface area contributed by atoms with Gasteiger partial charge in [-0.15, -0.1) is 0 Å². The van der Waals surface area contributed by atoms with Crippen molar-refractivity contribution < 1.29 is 4.52 Å². The predicted octanol–water partition coefficient (Wildman–Crippen LogP) is 3.62. The van der Waals surface area contributed by atoms with E-state index >= 15 is 0 Å². The summed E-state index contributed by atoms with van der Waals surface area (Å²) >= 11 is 3.46. The van der Waals surface area contributed by atoms with Crippen LogP contribution in [0.25, 0.3) is 11.4 Å². The standard InChI is InChI=1S/C14H16BrN3O/c1-9-8-10(15)5-6-11(9)13-17-14(19-18-13)12-4-2-3-7-16-12/h5-6,8,12,16H,2-4,7H2,1H3/t12-/m0/s1. The van der Waals surface area contributed by atoms with Crippen molar-refractivity contribution in [2.75, 3.05) is 6.54 Å². The number of halogens is 1. The molecule has 2 heterocycles. The number of aromatic nitrogens is 2. The van der Waals surface area contributed by atoms with Gasteiger partial charge < -0.3 is 9.84 Å². The Morgan fingerprint density at radius 2 is 2.26 bits per heavy atom. The highest BCUT2D eigenvalue weighted by Gasteiger charge is 2.21. The Bertz CT molecular complexity index is 576. The Kier molecular flexibility index (Phi) is 3.66. The Labute approximate surface area is 120 Å². The lowest BCUT2D eigenvalue weighted by atomic mass is 10.1. The van der Waals surface area contributed by atoms with Crippen LogP contribution in [0.15, 0.2) is 27.2 Å². The van der Waals surface area contributed by atoms with E-state index in [1.807, 2.05) is 12.1 Å². The minimum absolute atomic E-state index is 0.214. The van der Waals surface area contributed by atoms with Crippen LogP contribution in [-0.2, 0) is 0 Å². The van der Waals surface area contributed by atoms with Crippen LogP contribution in [0.1, 0.15) is 36.8 Å². The van der Waals surface area contributed by atoms with E-state index in [1.165, 1.54) is 12.8 Å². The minimum Gasteiger partial charge on any atom is -0.337 e. The lowest BCUT2D eigenvalue weighted by Crippen LogP contribution is -2.26. The second-order valence-electron chi connectivity index (χ2n) is 4.92. The van der Waals surface area contributed by atoms with Crippen molar-refractivity contribution in [2.45, 2.75) is 32.2 Å². The van der Waals surface area contributed by atoms with E-state index in [1.54, 1.807) is 0 Å². The van der Waals surface area contributed by atoms with Crippen LogP contribution in [0, 0.1) is 6.92 Å². The van der Waals surface area contributed by atoms with Gasteiger partial charge in [0.2, 0.25) is 11.7 Å². The van der Waals surface area contributed by atoms with E-state index < -0.39 is 0 Å². The van der Waals surface area contributed by atoms with Gasteiger partial charge in [0.1, 0.15) is 0 Å². The molecule has 0 radical (unpaired) electrons. The molecule has 0 saturated carbocycles. The summed E-state index contributed by atoms with van der Waals surface area (Å²) in [4.78, 5) is 4.54. The van der Waals surface area contributed by atoms with Crippen molar-refractivity contribution in [2.24, 2.45) is 0 Å². The first kappa shape index (κ1) is 12.8. The SMILES string of the molecule is Cc1cc(Br)ccc1-c1noc([C@@H]2CCCCN2)n1. The summed E-state index contributed by atoms with van der Waals surface area (Å²) in [6.45, 7) is 3.08. The summed E-state index contributed by atoms with van der Waals surface area (Å²) in [5.41, 5.74) is 2.16. The molecule has 1 aliphatic heterocycles. The van der Waals surface area contributed by atoms with Crippen molar-refractivity contribution in [3.63, 3.8) is 0 Å². The summed E-state index contributed by atoms with van der Waals surface area (Å²) in [7, 11) is 0. The quantitative estimate of drug-likeness (QED) is 0.917. The van der Waals surface area contributed by atoms with E-state index in [-0.39, 0.29) is 6.04 Å². The first-order chi connectivity index (χ1) is 9.24. The van der Waals surface area contributed by atoms with E-state index in [0.717, 1.165) is 28.6 Å². The Hall–Kier alpha value is -1.20. The number of rotatable bonds is 2. The molecule has 1 aromatic carbocycles. The average molecular weight is 322 g/mol. The highest BCUT2D eigenvalue weighted by molar-refractivity contribution is 9.10. The van der Waals surface area contributed by atoms with Crippen LogP contribution < -0.4 is 5.32 Å². The zero-order valence-electron chi connectivity index (χ0n) is 10.8. The minimum atomic E-state index is 0.214. The molecule has 0 aliphatic carbocycles. The number of piperidine rings is 1. The largest absolute Gasteiger partial charge is 0.337 e. The van der Waals surface area contributed by atoms with Gasteiger partial charge in [-0.05, 0) is 50.1 Å². The predicted molar refractivity (Wildman–Crippen MR) is 76.8 cm³/mol. The van der Waals surface area contributed by atoms with Crippen molar-refractivity contribution in [1.82, 2.24) is 15.5 Å². The van der Waals surface area contributed by atoms with Gasteiger partial charge in [0.05, 0.1) is 6.04 Å². The lowest BCUT2D eigenvalue weighted by molar-refractivity contribution is 0.297. The zero-order valence-corrected chi connectivity index (χ0v) is 12.4. The monoisotopic (exact) mass is 321 g/mol. The molecule has 100 valence electrons. The van der Waals surface area contributed by atoms with Crippen LogP contribution in [0.4, 0.5) is 0 Å². The Morgan fingerprint density at radius 1 is 1.37 bits per heavy atom. The average Bonchev–Trinajstić information content (AvgIpc) is 2.89. The molecule has 0 amide bonds. The second kappa shape index (κ2) is 5.43. The molecule has 1 fully saturated rings. The molecule has 1 aliphatic rings. The summed E-state index contributed by atoms with van der Waals surface area (Å²) in [6.07, 6.45) is 3.51. The normalized spacial score (nSPS) is 19.6. The maximum absolute atomic E-state index is 5.41. The van der Waals surface area contributed by atoms with E-state index in [4.69, 9.17) is 4.52 Å². The fourth-order valence-corrected chi connectivity index (χ4v) is 2.90. The summed E-state index contributed by atoms with van der Waals surface area (Å²) in [5.74, 6) is 1.38. The second-order valence-corrected chi connectivity index (χ2v) is 5.83. The van der Waals surface area contributed by atoms with Crippen molar-refractivity contribution in [3.05, 3.63) is 34.1 Å². The number of hydrogen-bond acceptors (Lipinski definition) is 4. The van der Waals surface area contributed by atoms with Gasteiger partial charge in [-0.2, -0.15) is 4.98 Å². The van der Waals surface area contributed by atoms with Gasteiger partial charge in [0.15, 0.2) is 0 Å². The molecule has 0 bridgehead atoms. The van der Waals surface area contributed by atoms with Gasteiger partial charge in [0.25, 0.3) is 0 Å². The number of hydrogen-bond donors (Lipinski definition) is 1. The van der Waals surface area contributed by atoms with Crippen LogP contribution in [0.2, 0.25) is 0 Å². The maximum atomic E-state index is 5.41. The molecule has 1 atom stereocenters. The van der Waals surface area contributed by atoms with Crippen LogP contribution in [-0.4, -0.2) is 16.7 Å². The molecule has 2 aromatic rings. The Morgan fingerprint density at radius 3 is 3.00 bits per heavy atom. The van der Waals surface area contributed by atoms with Gasteiger partial charge in [-0.3, -0.25) is 0 Å². The summed E-state index contributed by atoms with van der Waals surface area (Å²) in [6, 6.07) is 6.29. The molecular weight excluding hydrogens is 306 g/mol. The highest BCUT2D eigenvalue weighted by atomic mass is 79.9. The molecule has 0 spiro atoms. The molecule has 1 aromatic heterocycles. The number of aryl methyl sites for hydroxylation is 1. The molecule has 1 N–H and O–H groups in total. The number of nitrogens with zero attached hydrogens (tertiary/aromatic N) is 2. The highest BCUT2D eigenvalue weighted by Crippen LogP contribution is 2.27. The van der Waals surface area contributed by atoms with E-state index in [2.05, 4.69) is 44.4 Å². The first-order valence-electron chi connectivity index (χ1n) is 6.57. The van der Waals surface area contributed by atoms with E-state index in [0.29, 0.717) is 11.7 Å². The van der Waals surface area contributed by atoms with Gasteiger partial charge in [-0.25, -0.2) is 0 Å². The van der Waals surface area contributed by atoms with Gasteiger partial charge in [-0.1, -0.05) is 27.5 Å². The molecule has 1 saturated heterocycles. The molecule has 19 heavy (non-hydrogen) atoms. The van der Waals surface area contributed by atoms with Crippen LogP contribution in [0.5, 0.6) is 0 Å². The molecular formula is C14H16BrN3O. The van der Waals surface area contributed by atoms with Gasteiger partial charge in [0, 0.05) is 10.0 Å².